The van der Waals surface area contributed by atoms with Gasteiger partial charge in [0.05, 0.1) is 5.60 Å². The van der Waals surface area contributed by atoms with Crippen LogP contribution in [0.3, 0.4) is 0 Å². The number of aliphatic hydroxyl groups is 1. The molecule has 0 amide bonds. The van der Waals surface area contributed by atoms with E-state index >= 15 is 0 Å². The number of benzene rings is 1. The van der Waals surface area contributed by atoms with Gasteiger partial charge in [-0.15, -0.1) is 0 Å². The summed E-state index contributed by atoms with van der Waals surface area (Å²) in [6, 6.07) is 3.14. The maximum atomic E-state index is 13.4. The third kappa shape index (κ3) is 3.23. The van der Waals surface area contributed by atoms with Crippen LogP contribution < -0.4 is 5.84 Å². The lowest BCUT2D eigenvalue weighted by atomic mass is 9.92. The van der Waals surface area contributed by atoms with Gasteiger partial charge in [-0.05, 0) is 19.4 Å². The molecular formula is C11H16F2N2O. The van der Waals surface area contributed by atoms with Crippen molar-refractivity contribution in [1.29, 1.82) is 0 Å². The molecule has 0 aliphatic carbocycles. The highest BCUT2D eigenvalue weighted by molar-refractivity contribution is 5.24. The molecule has 1 aromatic rings. The van der Waals surface area contributed by atoms with Crippen LogP contribution in [-0.4, -0.2) is 23.7 Å². The molecule has 3 nitrogen and oxygen atoms in total. The molecule has 0 aliphatic rings. The standard InChI is InChI=1S/C11H16F2N2O/c1-11(16,5-6-15(2)14)9-4-3-8(12)7-10(9)13/h3-4,7,16H,5-6,14H2,1-2H3. The maximum Gasteiger partial charge on any atom is 0.132 e. The minimum absolute atomic E-state index is 0.0794. The first-order chi connectivity index (χ1) is 7.33. The minimum atomic E-state index is -1.36. The highest BCUT2D eigenvalue weighted by Crippen LogP contribution is 2.27. The van der Waals surface area contributed by atoms with Gasteiger partial charge in [0.2, 0.25) is 0 Å². The van der Waals surface area contributed by atoms with E-state index in [4.69, 9.17) is 5.84 Å². The maximum absolute atomic E-state index is 13.4. The Balaban J connectivity index is 2.88. The highest BCUT2D eigenvalue weighted by Gasteiger charge is 2.26. The SMILES string of the molecule is CN(N)CCC(C)(O)c1ccc(F)cc1F. The smallest absolute Gasteiger partial charge is 0.132 e. The fourth-order valence-electron chi connectivity index (χ4n) is 1.45. The van der Waals surface area contributed by atoms with Crippen LogP contribution in [-0.2, 0) is 5.60 Å². The average Bonchev–Trinajstić information content (AvgIpc) is 2.14. The van der Waals surface area contributed by atoms with Crippen LogP contribution in [0.5, 0.6) is 0 Å². The van der Waals surface area contributed by atoms with Crippen molar-refractivity contribution in [3.8, 4) is 0 Å². The minimum Gasteiger partial charge on any atom is -0.385 e. The second-order valence-electron chi connectivity index (χ2n) is 4.13. The van der Waals surface area contributed by atoms with Crippen LogP contribution >= 0.6 is 0 Å². The molecule has 16 heavy (non-hydrogen) atoms. The third-order valence-corrected chi connectivity index (χ3v) is 2.46. The number of hydrogen-bond acceptors (Lipinski definition) is 3. The molecule has 0 heterocycles. The summed E-state index contributed by atoms with van der Waals surface area (Å²) in [5, 5.41) is 11.5. The first-order valence-corrected chi connectivity index (χ1v) is 4.96. The topological polar surface area (TPSA) is 49.5 Å². The molecule has 90 valence electrons. The van der Waals surface area contributed by atoms with Gasteiger partial charge in [-0.3, -0.25) is 10.9 Å². The Morgan fingerprint density at radius 3 is 2.56 bits per heavy atom. The number of rotatable bonds is 4. The Hall–Kier alpha value is -1.04. The van der Waals surface area contributed by atoms with Gasteiger partial charge in [0.1, 0.15) is 11.6 Å². The zero-order valence-electron chi connectivity index (χ0n) is 9.37. The third-order valence-electron chi connectivity index (χ3n) is 2.46. The van der Waals surface area contributed by atoms with Crippen molar-refractivity contribution in [1.82, 2.24) is 5.01 Å². The summed E-state index contributed by atoms with van der Waals surface area (Å²) in [4.78, 5) is 0. The van der Waals surface area contributed by atoms with Crippen LogP contribution in [0.25, 0.3) is 0 Å². The first-order valence-electron chi connectivity index (χ1n) is 4.96. The van der Waals surface area contributed by atoms with Crippen LogP contribution in [0, 0.1) is 11.6 Å². The molecule has 0 bridgehead atoms. The molecule has 0 spiro atoms. The lowest BCUT2D eigenvalue weighted by molar-refractivity contribution is 0.0349. The van der Waals surface area contributed by atoms with E-state index in [0.717, 1.165) is 12.1 Å². The van der Waals surface area contributed by atoms with Gasteiger partial charge >= 0.3 is 0 Å². The summed E-state index contributed by atoms with van der Waals surface area (Å²) in [7, 11) is 1.65. The van der Waals surface area contributed by atoms with Crippen molar-refractivity contribution in [2.24, 2.45) is 5.84 Å². The average molecular weight is 230 g/mol. The van der Waals surface area contributed by atoms with Gasteiger partial charge < -0.3 is 5.11 Å². The summed E-state index contributed by atoms with van der Waals surface area (Å²) < 4.78 is 26.1. The molecular weight excluding hydrogens is 214 g/mol. The molecule has 0 saturated heterocycles. The van der Waals surface area contributed by atoms with E-state index in [2.05, 4.69) is 0 Å². The Labute approximate surface area is 93.5 Å². The quantitative estimate of drug-likeness (QED) is 0.606. The van der Waals surface area contributed by atoms with E-state index in [1.807, 2.05) is 0 Å². The molecule has 1 rings (SSSR count). The van der Waals surface area contributed by atoms with E-state index in [1.165, 1.54) is 18.0 Å². The van der Waals surface area contributed by atoms with Crippen molar-refractivity contribution in [3.05, 3.63) is 35.4 Å². The van der Waals surface area contributed by atoms with Crippen LogP contribution in [0.4, 0.5) is 8.78 Å². The highest BCUT2D eigenvalue weighted by atomic mass is 19.1. The second kappa shape index (κ2) is 4.86. The number of halogens is 2. The zero-order valence-corrected chi connectivity index (χ0v) is 9.37. The van der Waals surface area contributed by atoms with E-state index in [0.29, 0.717) is 6.54 Å². The summed E-state index contributed by atoms with van der Waals surface area (Å²) in [6.45, 7) is 1.89. The van der Waals surface area contributed by atoms with Crippen molar-refractivity contribution in [2.75, 3.05) is 13.6 Å². The predicted molar refractivity (Wildman–Crippen MR) is 57.4 cm³/mol. The largest absolute Gasteiger partial charge is 0.385 e. The molecule has 0 fully saturated rings. The summed E-state index contributed by atoms with van der Waals surface area (Å²) in [5.41, 5.74) is -1.28. The molecule has 0 saturated carbocycles. The van der Waals surface area contributed by atoms with E-state index < -0.39 is 17.2 Å². The number of nitrogens with zero attached hydrogens (tertiary/aromatic N) is 1. The van der Waals surface area contributed by atoms with E-state index in [-0.39, 0.29) is 12.0 Å². The van der Waals surface area contributed by atoms with Crippen molar-refractivity contribution >= 4 is 0 Å². The van der Waals surface area contributed by atoms with Crippen molar-refractivity contribution < 1.29 is 13.9 Å². The monoisotopic (exact) mass is 230 g/mol. The Morgan fingerprint density at radius 2 is 2.06 bits per heavy atom. The Kier molecular flexibility index (Phi) is 3.96. The molecule has 1 atom stereocenters. The molecule has 0 radical (unpaired) electrons. The first kappa shape index (κ1) is 13.0. The molecule has 5 heteroatoms. The molecule has 1 aromatic carbocycles. The van der Waals surface area contributed by atoms with Crippen molar-refractivity contribution in [3.63, 3.8) is 0 Å². The predicted octanol–water partition coefficient (Wildman–Crippen LogP) is 1.37. The number of hydrazine groups is 1. The van der Waals surface area contributed by atoms with Gasteiger partial charge in [0.25, 0.3) is 0 Å². The zero-order chi connectivity index (χ0) is 12.3. The van der Waals surface area contributed by atoms with E-state index in [9.17, 15) is 13.9 Å². The normalized spacial score (nSPS) is 15.2. The van der Waals surface area contributed by atoms with Crippen molar-refractivity contribution in [2.45, 2.75) is 18.9 Å². The molecule has 3 N–H and O–H groups in total. The van der Waals surface area contributed by atoms with Gasteiger partial charge in [0.15, 0.2) is 0 Å². The summed E-state index contributed by atoms with van der Waals surface area (Å²) >= 11 is 0. The Morgan fingerprint density at radius 1 is 1.44 bits per heavy atom. The number of hydrogen-bond donors (Lipinski definition) is 2. The Bertz CT molecular complexity index is 367. The lowest BCUT2D eigenvalue weighted by Crippen LogP contribution is -2.33. The fraction of sp³-hybridized carbons (Fsp3) is 0.455. The lowest BCUT2D eigenvalue weighted by Gasteiger charge is -2.25. The second-order valence-corrected chi connectivity index (χ2v) is 4.13. The van der Waals surface area contributed by atoms with Crippen LogP contribution in [0.1, 0.15) is 18.9 Å². The van der Waals surface area contributed by atoms with Gasteiger partial charge in [-0.1, -0.05) is 6.07 Å². The molecule has 0 aromatic heterocycles. The van der Waals surface area contributed by atoms with Gasteiger partial charge in [-0.2, -0.15) is 0 Å². The van der Waals surface area contributed by atoms with Crippen LogP contribution in [0.15, 0.2) is 18.2 Å². The summed E-state index contributed by atoms with van der Waals surface area (Å²) in [6.07, 6.45) is 0.266. The summed E-state index contributed by atoms with van der Waals surface area (Å²) in [5.74, 6) is 4.00. The molecule has 1 unspecified atom stereocenters. The fourth-order valence-corrected chi connectivity index (χ4v) is 1.45. The van der Waals surface area contributed by atoms with Gasteiger partial charge in [-0.25, -0.2) is 8.78 Å². The number of nitrogens with two attached hydrogens (primary N) is 1. The molecule has 0 aliphatic heterocycles. The van der Waals surface area contributed by atoms with Crippen LogP contribution in [0.2, 0.25) is 0 Å². The van der Waals surface area contributed by atoms with Gasteiger partial charge in [0, 0.05) is 25.2 Å². The van der Waals surface area contributed by atoms with E-state index in [1.54, 1.807) is 7.05 Å².